The van der Waals surface area contributed by atoms with Crippen molar-refractivity contribution in [3.8, 4) is 0 Å². The van der Waals surface area contributed by atoms with Gasteiger partial charge in [-0.2, -0.15) is 0 Å². The van der Waals surface area contributed by atoms with Crippen LogP contribution in [0.5, 0.6) is 0 Å². The molecule has 0 spiro atoms. The van der Waals surface area contributed by atoms with Crippen molar-refractivity contribution in [1.82, 2.24) is 4.90 Å². The van der Waals surface area contributed by atoms with Crippen LogP contribution < -0.4 is 0 Å². The topological polar surface area (TPSA) is 65.1 Å². The number of benzene rings is 1. The van der Waals surface area contributed by atoms with E-state index in [1.54, 1.807) is 4.90 Å². The largest absolute Gasteiger partial charge is 0.457 e. The summed E-state index contributed by atoms with van der Waals surface area (Å²) >= 11 is 0. The fourth-order valence-electron chi connectivity index (χ4n) is 4.24. The summed E-state index contributed by atoms with van der Waals surface area (Å²) < 4.78 is 17.7. The van der Waals surface area contributed by atoms with E-state index in [9.17, 15) is 9.59 Å². The predicted molar refractivity (Wildman–Crippen MR) is 138 cm³/mol. The van der Waals surface area contributed by atoms with E-state index in [1.165, 1.54) is 6.08 Å². The van der Waals surface area contributed by atoms with Crippen LogP contribution in [-0.2, 0) is 25.3 Å². The van der Waals surface area contributed by atoms with Crippen LogP contribution in [0.1, 0.15) is 66.4 Å². The highest BCUT2D eigenvalue weighted by Crippen LogP contribution is 2.45. The summed E-state index contributed by atoms with van der Waals surface area (Å²) in [7, 11) is -1.50. The second-order valence-corrected chi connectivity index (χ2v) is 13.8. The lowest BCUT2D eigenvalue weighted by Gasteiger charge is -2.39. The van der Waals surface area contributed by atoms with Gasteiger partial charge >= 0.3 is 12.1 Å². The van der Waals surface area contributed by atoms with E-state index in [4.69, 9.17) is 13.9 Å². The molecule has 2 atom stereocenters. The Morgan fingerprint density at radius 3 is 2.32 bits per heavy atom. The first-order valence-corrected chi connectivity index (χ1v) is 15.1. The number of carbonyl (C=O) groups excluding carboxylic acids is 2. The van der Waals surface area contributed by atoms with Crippen LogP contribution in [0, 0.1) is 11.3 Å². The molecule has 34 heavy (non-hydrogen) atoms. The molecule has 1 saturated heterocycles. The molecular formula is C27H43NO5Si. The smallest absolute Gasteiger partial charge is 0.412 e. The van der Waals surface area contributed by atoms with Gasteiger partial charge in [-0.3, -0.25) is 4.90 Å². The van der Waals surface area contributed by atoms with Gasteiger partial charge in [-0.05, 0) is 70.0 Å². The van der Waals surface area contributed by atoms with Crippen LogP contribution in [0.2, 0.25) is 13.1 Å². The van der Waals surface area contributed by atoms with Crippen LogP contribution >= 0.6 is 0 Å². The molecule has 1 fully saturated rings. The maximum absolute atomic E-state index is 13.3. The average molecular weight is 490 g/mol. The Morgan fingerprint density at radius 1 is 1.12 bits per heavy atom. The highest BCUT2D eigenvalue weighted by Gasteiger charge is 2.52. The molecule has 2 rings (SSSR count). The molecule has 1 aliphatic rings. The zero-order valence-electron chi connectivity index (χ0n) is 22.2. The Labute approximate surface area is 207 Å². The Morgan fingerprint density at radius 2 is 1.76 bits per heavy atom. The molecule has 0 aliphatic carbocycles. The highest BCUT2D eigenvalue weighted by molar-refractivity contribution is 6.48. The first kappa shape index (κ1) is 28.1. The summed E-state index contributed by atoms with van der Waals surface area (Å²) in [6.07, 6.45) is 4.90. The van der Waals surface area contributed by atoms with Crippen LogP contribution in [0.15, 0.2) is 42.5 Å². The molecule has 0 N–H and O–H groups in total. The zero-order chi connectivity index (χ0) is 25.6. The Balaban J connectivity index is 2.20. The second-order valence-electron chi connectivity index (χ2n) is 11.5. The summed E-state index contributed by atoms with van der Waals surface area (Å²) in [5.74, 6) is -0.0850. The van der Waals surface area contributed by atoms with E-state index in [0.717, 1.165) is 12.0 Å². The maximum atomic E-state index is 13.3. The SMILES string of the molecule is C[SiH](C)O[C@]1(CCC=CC(=O)OC(C)(C)C)C[C@H](C(C)(C)C)CN1C(=O)OCc1ccccc1. The lowest BCUT2D eigenvalue weighted by Crippen LogP contribution is -2.51. The molecule has 0 bridgehead atoms. The minimum atomic E-state index is -1.50. The standard InChI is InChI=1S/C27H43NO5Si/c1-25(2,3)22-18-27(33-34(7)8,17-13-12-16-23(29)32-26(4,5)6)28(19-22)24(30)31-20-21-14-10-9-11-15-21/h9-12,14-16,22,34H,13,17-20H2,1-8H3/t22-,27+/m0/s1. The monoisotopic (exact) mass is 489 g/mol. The van der Waals surface area contributed by atoms with Gasteiger partial charge in [0.05, 0.1) is 0 Å². The van der Waals surface area contributed by atoms with E-state index < -0.39 is 20.4 Å². The molecule has 0 saturated carbocycles. The lowest BCUT2D eigenvalue weighted by molar-refractivity contribution is -0.148. The van der Waals surface area contributed by atoms with Crippen LogP contribution in [0.4, 0.5) is 4.79 Å². The Kier molecular flexibility index (Phi) is 9.54. The Hall–Kier alpha value is -2.12. The zero-order valence-corrected chi connectivity index (χ0v) is 23.4. The number of rotatable bonds is 8. The summed E-state index contributed by atoms with van der Waals surface area (Å²) in [6.45, 7) is 17.2. The van der Waals surface area contributed by atoms with E-state index in [2.05, 4.69) is 33.9 Å². The van der Waals surface area contributed by atoms with Crippen LogP contribution in [0.25, 0.3) is 0 Å². The minimum absolute atomic E-state index is 0.0218. The minimum Gasteiger partial charge on any atom is -0.457 e. The number of carbonyl (C=O) groups is 2. The molecule has 1 amide bonds. The molecule has 0 aromatic heterocycles. The van der Waals surface area contributed by atoms with Crippen molar-refractivity contribution < 1.29 is 23.5 Å². The number of amides is 1. The van der Waals surface area contributed by atoms with E-state index >= 15 is 0 Å². The van der Waals surface area contributed by atoms with Gasteiger partial charge < -0.3 is 13.9 Å². The van der Waals surface area contributed by atoms with E-state index in [1.807, 2.05) is 57.2 Å². The number of esters is 1. The number of hydrogen-bond acceptors (Lipinski definition) is 5. The first-order valence-electron chi connectivity index (χ1n) is 12.3. The van der Waals surface area contributed by atoms with Gasteiger partial charge in [0.1, 0.15) is 17.9 Å². The molecule has 190 valence electrons. The molecule has 6 nitrogen and oxygen atoms in total. The summed E-state index contributed by atoms with van der Waals surface area (Å²) in [5, 5.41) is 0. The van der Waals surface area contributed by atoms with Gasteiger partial charge in [0.2, 0.25) is 0 Å². The second kappa shape index (κ2) is 11.5. The van der Waals surface area contributed by atoms with Crippen molar-refractivity contribution in [2.24, 2.45) is 11.3 Å². The normalized spacial score (nSPS) is 21.3. The van der Waals surface area contributed by atoms with E-state index in [0.29, 0.717) is 19.4 Å². The first-order chi connectivity index (χ1) is 15.7. The van der Waals surface area contributed by atoms with Crippen molar-refractivity contribution >= 4 is 21.1 Å². The van der Waals surface area contributed by atoms with Crippen molar-refractivity contribution in [2.45, 2.75) is 91.8 Å². The fourth-order valence-corrected chi connectivity index (χ4v) is 5.45. The molecule has 1 aromatic rings. The summed E-state index contributed by atoms with van der Waals surface area (Å²) in [5.41, 5.74) is -0.287. The number of nitrogens with zero attached hydrogens (tertiary/aromatic N) is 1. The predicted octanol–water partition coefficient (Wildman–Crippen LogP) is 6.07. The molecular weight excluding hydrogens is 446 g/mol. The summed E-state index contributed by atoms with van der Waals surface area (Å²) in [6, 6.07) is 9.70. The van der Waals surface area contributed by atoms with Crippen LogP contribution in [-0.4, -0.2) is 43.9 Å². The van der Waals surface area contributed by atoms with Gasteiger partial charge in [-0.15, -0.1) is 0 Å². The highest BCUT2D eigenvalue weighted by atomic mass is 28.3. The molecule has 7 heteroatoms. The molecule has 1 aromatic carbocycles. The van der Waals surface area contributed by atoms with Crippen molar-refractivity contribution in [2.75, 3.05) is 6.54 Å². The van der Waals surface area contributed by atoms with Crippen LogP contribution in [0.3, 0.4) is 0 Å². The molecule has 0 unspecified atom stereocenters. The van der Waals surface area contributed by atoms with Gasteiger partial charge in [-0.1, -0.05) is 57.2 Å². The van der Waals surface area contributed by atoms with Gasteiger partial charge in [-0.25, -0.2) is 9.59 Å². The third-order valence-corrected chi connectivity index (χ3v) is 6.84. The number of likely N-dealkylation sites (tertiary alicyclic amines) is 1. The van der Waals surface area contributed by atoms with Gasteiger partial charge in [0.25, 0.3) is 0 Å². The fraction of sp³-hybridized carbons (Fsp3) is 0.630. The van der Waals surface area contributed by atoms with Crippen molar-refractivity contribution in [1.29, 1.82) is 0 Å². The average Bonchev–Trinajstić information content (AvgIpc) is 3.08. The third kappa shape index (κ3) is 8.58. The molecule has 1 aliphatic heterocycles. The van der Waals surface area contributed by atoms with Gasteiger partial charge in [0.15, 0.2) is 9.04 Å². The summed E-state index contributed by atoms with van der Waals surface area (Å²) in [4.78, 5) is 27.2. The number of hydrogen-bond donors (Lipinski definition) is 0. The number of ether oxygens (including phenoxy) is 2. The third-order valence-electron chi connectivity index (χ3n) is 5.93. The quantitative estimate of drug-likeness (QED) is 0.252. The molecule has 0 radical (unpaired) electrons. The molecule has 1 heterocycles. The lowest BCUT2D eigenvalue weighted by atomic mass is 9.78. The number of allylic oxidation sites excluding steroid dienone is 1. The van der Waals surface area contributed by atoms with E-state index in [-0.39, 0.29) is 30.0 Å². The van der Waals surface area contributed by atoms with Gasteiger partial charge in [0, 0.05) is 12.6 Å². The Bertz CT molecular complexity index is 841. The van der Waals surface area contributed by atoms with Crippen molar-refractivity contribution in [3.05, 3.63) is 48.0 Å². The van der Waals surface area contributed by atoms with Crippen molar-refractivity contribution in [3.63, 3.8) is 0 Å². The maximum Gasteiger partial charge on any atom is 0.412 e.